The van der Waals surface area contributed by atoms with Crippen molar-refractivity contribution >= 4 is 11.3 Å². The van der Waals surface area contributed by atoms with Gasteiger partial charge in [-0.1, -0.05) is 20.8 Å². The molecule has 10 heavy (non-hydrogen) atoms. The van der Waals surface area contributed by atoms with Crippen molar-refractivity contribution in [1.82, 2.24) is 4.72 Å². The van der Waals surface area contributed by atoms with E-state index in [4.69, 9.17) is 4.55 Å². The molecule has 0 aromatic heterocycles. The molecule has 0 saturated carbocycles. The quantitative estimate of drug-likeness (QED) is 0.611. The third-order valence-electron chi connectivity index (χ3n) is 1.67. The van der Waals surface area contributed by atoms with Crippen LogP contribution in [0.2, 0.25) is 0 Å². The second-order valence-corrected chi connectivity index (χ2v) is 3.61. The van der Waals surface area contributed by atoms with Crippen molar-refractivity contribution in [3.63, 3.8) is 0 Å². The summed E-state index contributed by atoms with van der Waals surface area (Å²) >= 11 is -1.85. The SMILES string of the molecule is CC(C)C(C)CNS(=O)O. The molecule has 0 radical (unpaired) electrons. The van der Waals surface area contributed by atoms with E-state index in [2.05, 4.69) is 18.6 Å². The average Bonchev–Trinajstić information content (AvgIpc) is 1.82. The highest BCUT2D eigenvalue weighted by atomic mass is 32.2. The largest absolute Gasteiger partial charge is 0.294 e. The van der Waals surface area contributed by atoms with Gasteiger partial charge in [0.05, 0.1) is 0 Å². The number of rotatable bonds is 4. The minimum atomic E-state index is -1.85. The van der Waals surface area contributed by atoms with Gasteiger partial charge in [-0.25, -0.2) is 8.93 Å². The van der Waals surface area contributed by atoms with E-state index in [-0.39, 0.29) is 0 Å². The molecule has 0 rings (SSSR count). The summed E-state index contributed by atoms with van der Waals surface area (Å²) < 4.78 is 20.9. The molecule has 0 fully saturated rings. The van der Waals surface area contributed by atoms with Crippen molar-refractivity contribution in [2.45, 2.75) is 20.8 Å². The van der Waals surface area contributed by atoms with Crippen LogP contribution in [0.1, 0.15) is 20.8 Å². The average molecular weight is 165 g/mol. The van der Waals surface area contributed by atoms with Gasteiger partial charge in [0, 0.05) is 6.54 Å². The van der Waals surface area contributed by atoms with Crippen molar-refractivity contribution < 1.29 is 8.76 Å². The van der Waals surface area contributed by atoms with E-state index in [0.717, 1.165) is 0 Å². The summed E-state index contributed by atoms with van der Waals surface area (Å²) in [6.45, 7) is 6.82. The Balaban J connectivity index is 3.39. The van der Waals surface area contributed by atoms with Crippen molar-refractivity contribution in [1.29, 1.82) is 0 Å². The summed E-state index contributed by atoms with van der Waals surface area (Å²) in [5, 5.41) is 0. The van der Waals surface area contributed by atoms with Gasteiger partial charge in [0.25, 0.3) is 0 Å². The number of hydrogen-bond acceptors (Lipinski definition) is 1. The van der Waals surface area contributed by atoms with E-state index in [1.54, 1.807) is 0 Å². The fourth-order valence-electron chi connectivity index (χ4n) is 0.438. The summed E-state index contributed by atoms with van der Waals surface area (Å²) in [5.74, 6) is 0.993. The van der Waals surface area contributed by atoms with Gasteiger partial charge in [-0.15, -0.1) is 0 Å². The molecule has 0 saturated heterocycles. The van der Waals surface area contributed by atoms with Crippen molar-refractivity contribution in [3.8, 4) is 0 Å². The molecule has 4 heteroatoms. The summed E-state index contributed by atoms with van der Waals surface area (Å²) in [6, 6.07) is 0. The third-order valence-corrected chi connectivity index (χ3v) is 2.08. The van der Waals surface area contributed by atoms with E-state index in [1.165, 1.54) is 0 Å². The Bertz CT molecular complexity index is 116. The zero-order valence-electron chi connectivity index (χ0n) is 6.63. The smallest absolute Gasteiger partial charge is 0.231 e. The lowest BCUT2D eigenvalue weighted by molar-refractivity contribution is 0.412. The third kappa shape index (κ3) is 4.90. The van der Waals surface area contributed by atoms with Crippen molar-refractivity contribution in [2.75, 3.05) is 6.54 Å². The highest BCUT2D eigenvalue weighted by Crippen LogP contribution is 2.07. The Morgan fingerprint density at radius 3 is 2.30 bits per heavy atom. The van der Waals surface area contributed by atoms with Gasteiger partial charge in [-0.05, 0) is 11.8 Å². The molecule has 0 amide bonds. The molecule has 2 atom stereocenters. The maximum Gasteiger partial charge on any atom is 0.231 e. The monoisotopic (exact) mass is 165 g/mol. The van der Waals surface area contributed by atoms with Crippen LogP contribution in [0.3, 0.4) is 0 Å². The fourth-order valence-corrected chi connectivity index (χ4v) is 0.844. The van der Waals surface area contributed by atoms with Gasteiger partial charge in [0.15, 0.2) is 0 Å². The van der Waals surface area contributed by atoms with Crippen LogP contribution in [0.5, 0.6) is 0 Å². The molecule has 0 bridgehead atoms. The van der Waals surface area contributed by atoms with Crippen LogP contribution in [0.15, 0.2) is 0 Å². The van der Waals surface area contributed by atoms with Crippen molar-refractivity contribution in [3.05, 3.63) is 0 Å². The molecule has 2 unspecified atom stereocenters. The van der Waals surface area contributed by atoms with Crippen LogP contribution in [0.25, 0.3) is 0 Å². The minimum Gasteiger partial charge on any atom is -0.294 e. The van der Waals surface area contributed by atoms with E-state index < -0.39 is 11.3 Å². The van der Waals surface area contributed by atoms with Gasteiger partial charge in [-0.3, -0.25) is 4.55 Å². The summed E-state index contributed by atoms with van der Waals surface area (Å²) in [7, 11) is 0. The maximum absolute atomic E-state index is 10.1. The number of nitrogens with one attached hydrogen (secondary N) is 1. The van der Waals surface area contributed by atoms with Crippen LogP contribution in [0.4, 0.5) is 0 Å². The highest BCUT2D eigenvalue weighted by Gasteiger charge is 2.06. The maximum atomic E-state index is 10.1. The van der Waals surface area contributed by atoms with Crippen LogP contribution in [-0.4, -0.2) is 15.3 Å². The Labute approximate surface area is 64.6 Å². The normalized spacial score (nSPS) is 17.3. The highest BCUT2D eigenvalue weighted by molar-refractivity contribution is 7.77. The molecule has 0 aliphatic rings. The molecule has 0 heterocycles. The van der Waals surface area contributed by atoms with Crippen molar-refractivity contribution in [2.24, 2.45) is 11.8 Å². The molecular weight excluding hydrogens is 150 g/mol. The lowest BCUT2D eigenvalue weighted by Gasteiger charge is -2.13. The molecule has 0 aliphatic carbocycles. The molecule has 0 aliphatic heterocycles. The summed E-state index contributed by atoms with van der Waals surface area (Å²) in [6.07, 6.45) is 0. The first kappa shape index (κ1) is 10.1. The molecular formula is C6H15NO2S. The van der Waals surface area contributed by atoms with Crippen LogP contribution in [0, 0.1) is 11.8 Å². The first-order valence-corrected chi connectivity index (χ1v) is 4.49. The molecule has 62 valence electrons. The molecule has 3 nitrogen and oxygen atoms in total. The van der Waals surface area contributed by atoms with Gasteiger partial charge in [0.1, 0.15) is 0 Å². The topological polar surface area (TPSA) is 49.3 Å². The van der Waals surface area contributed by atoms with Crippen LogP contribution in [-0.2, 0) is 11.3 Å². The second kappa shape index (κ2) is 4.82. The lowest BCUT2D eigenvalue weighted by Crippen LogP contribution is -2.25. The first-order chi connectivity index (χ1) is 4.54. The zero-order valence-corrected chi connectivity index (χ0v) is 7.44. The number of hydrogen-bond donors (Lipinski definition) is 2. The van der Waals surface area contributed by atoms with Crippen LogP contribution >= 0.6 is 0 Å². The summed E-state index contributed by atoms with van der Waals surface area (Å²) in [5.41, 5.74) is 0. The lowest BCUT2D eigenvalue weighted by atomic mass is 9.99. The van der Waals surface area contributed by atoms with E-state index in [9.17, 15) is 4.21 Å². The van der Waals surface area contributed by atoms with Gasteiger partial charge >= 0.3 is 0 Å². The molecule has 2 N–H and O–H groups in total. The standard InChI is InChI=1S/C6H15NO2S/c1-5(2)6(3)4-7-10(8)9/h5-7H,4H2,1-3H3,(H,8,9). The summed E-state index contributed by atoms with van der Waals surface area (Å²) in [4.78, 5) is 0. The predicted octanol–water partition coefficient (Wildman–Crippen LogP) is 1.00. The molecule has 0 aromatic carbocycles. The Morgan fingerprint density at radius 2 is 2.00 bits per heavy atom. The molecule has 0 aromatic rings. The van der Waals surface area contributed by atoms with Gasteiger partial charge in [0.2, 0.25) is 11.3 Å². The second-order valence-electron chi connectivity index (χ2n) is 2.82. The minimum absolute atomic E-state index is 0.441. The van der Waals surface area contributed by atoms with E-state index in [1.807, 2.05) is 6.92 Å². The fraction of sp³-hybridized carbons (Fsp3) is 1.00. The van der Waals surface area contributed by atoms with Crippen LogP contribution < -0.4 is 4.72 Å². The predicted molar refractivity (Wildman–Crippen MR) is 42.8 cm³/mol. The molecule has 0 spiro atoms. The first-order valence-electron chi connectivity index (χ1n) is 3.38. The van der Waals surface area contributed by atoms with E-state index >= 15 is 0 Å². The van der Waals surface area contributed by atoms with E-state index in [0.29, 0.717) is 18.4 Å². The van der Waals surface area contributed by atoms with Gasteiger partial charge < -0.3 is 0 Å². The Hall–Kier alpha value is 0.0700. The Morgan fingerprint density at radius 1 is 1.50 bits per heavy atom. The zero-order chi connectivity index (χ0) is 8.15. The van der Waals surface area contributed by atoms with Gasteiger partial charge in [-0.2, -0.15) is 0 Å². The Kier molecular flexibility index (Phi) is 4.85.